The van der Waals surface area contributed by atoms with Crippen LogP contribution in [0.3, 0.4) is 0 Å². The van der Waals surface area contributed by atoms with E-state index in [-0.39, 0.29) is 0 Å². The van der Waals surface area contributed by atoms with E-state index in [0.717, 1.165) is 18.4 Å². The molecule has 0 aromatic rings. The Morgan fingerprint density at radius 1 is 1.33 bits per heavy atom. The quantitative estimate of drug-likeness (QED) is 0.750. The third kappa shape index (κ3) is 4.55. The summed E-state index contributed by atoms with van der Waals surface area (Å²) in [4.78, 5) is 0. The van der Waals surface area contributed by atoms with Crippen LogP contribution >= 0.6 is 23.5 Å². The summed E-state index contributed by atoms with van der Waals surface area (Å²) in [7, 11) is 0. The van der Waals surface area contributed by atoms with Crippen LogP contribution in [-0.4, -0.2) is 48.3 Å². The maximum Gasteiger partial charge on any atom is 0.0588 e. The largest absolute Gasteiger partial charge is 0.378 e. The Morgan fingerprint density at radius 2 is 2.33 bits per heavy atom. The van der Waals surface area contributed by atoms with Crippen molar-refractivity contribution >= 4 is 23.5 Å². The van der Waals surface area contributed by atoms with Crippen LogP contribution < -0.4 is 5.32 Å². The van der Waals surface area contributed by atoms with Gasteiger partial charge >= 0.3 is 0 Å². The Bertz CT molecular complexity index is 168. The summed E-state index contributed by atoms with van der Waals surface area (Å²) in [6.07, 6.45) is 4.28. The Labute approximate surface area is 101 Å². The van der Waals surface area contributed by atoms with Crippen LogP contribution in [0.15, 0.2) is 0 Å². The van der Waals surface area contributed by atoms with Crippen LogP contribution in [0.5, 0.6) is 0 Å². The molecule has 0 spiro atoms. The van der Waals surface area contributed by atoms with Gasteiger partial charge in [0.15, 0.2) is 0 Å². The van der Waals surface area contributed by atoms with Gasteiger partial charge in [0.05, 0.1) is 6.10 Å². The first-order valence-electron chi connectivity index (χ1n) is 5.97. The molecule has 0 amide bonds. The molecule has 2 aliphatic heterocycles. The lowest BCUT2D eigenvalue weighted by Crippen LogP contribution is -2.30. The highest BCUT2D eigenvalue weighted by atomic mass is 32.2. The van der Waals surface area contributed by atoms with Crippen molar-refractivity contribution in [2.24, 2.45) is 0 Å². The SMILES string of the molecule is C1COC(CCNCC2CSCCS2)C1. The molecule has 2 rings (SSSR count). The standard InChI is InChI=1S/C11H21NOS2/c1-2-10(13-5-1)3-4-12-8-11-9-14-6-7-15-11/h10-12H,1-9H2. The summed E-state index contributed by atoms with van der Waals surface area (Å²) in [6, 6.07) is 0. The van der Waals surface area contributed by atoms with Crippen molar-refractivity contribution < 1.29 is 4.74 Å². The molecule has 2 unspecified atom stereocenters. The summed E-state index contributed by atoms with van der Waals surface area (Å²) in [5, 5.41) is 4.41. The van der Waals surface area contributed by atoms with E-state index in [0.29, 0.717) is 6.10 Å². The van der Waals surface area contributed by atoms with Crippen LogP contribution in [0.2, 0.25) is 0 Å². The predicted octanol–water partition coefficient (Wildman–Crippen LogP) is 1.99. The highest BCUT2D eigenvalue weighted by molar-refractivity contribution is 8.06. The van der Waals surface area contributed by atoms with Crippen LogP contribution in [-0.2, 0) is 4.74 Å². The van der Waals surface area contributed by atoms with E-state index in [4.69, 9.17) is 4.74 Å². The molecule has 88 valence electrons. The molecule has 0 saturated carbocycles. The molecule has 2 aliphatic rings. The van der Waals surface area contributed by atoms with E-state index < -0.39 is 0 Å². The average molecular weight is 247 g/mol. The third-order valence-electron chi connectivity index (χ3n) is 2.92. The first-order valence-corrected chi connectivity index (χ1v) is 8.17. The fourth-order valence-corrected chi connectivity index (χ4v) is 4.70. The Hall–Kier alpha value is 0.620. The molecule has 2 heterocycles. The zero-order valence-electron chi connectivity index (χ0n) is 9.24. The highest BCUT2D eigenvalue weighted by Crippen LogP contribution is 2.23. The fourth-order valence-electron chi connectivity index (χ4n) is 2.05. The van der Waals surface area contributed by atoms with Crippen molar-refractivity contribution in [3.05, 3.63) is 0 Å². The molecular weight excluding hydrogens is 226 g/mol. The zero-order chi connectivity index (χ0) is 10.3. The number of hydrogen-bond acceptors (Lipinski definition) is 4. The van der Waals surface area contributed by atoms with Crippen molar-refractivity contribution in [3.8, 4) is 0 Å². The lowest BCUT2D eigenvalue weighted by molar-refractivity contribution is 0.104. The lowest BCUT2D eigenvalue weighted by atomic mass is 10.2. The molecule has 1 N–H and O–H groups in total. The predicted molar refractivity (Wildman–Crippen MR) is 70.0 cm³/mol. The Balaban J connectivity index is 1.47. The molecule has 2 saturated heterocycles. The number of hydrogen-bond donors (Lipinski definition) is 1. The van der Waals surface area contributed by atoms with Crippen LogP contribution in [0.25, 0.3) is 0 Å². The number of rotatable bonds is 5. The number of thioether (sulfide) groups is 2. The van der Waals surface area contributed by atoms with Crippen molar-refractivity contribution in [1.82, 2.24) is 5.32 Å². The summed E-state index contributed by atoms with van der Waals surface area (Å²) in [6.45, 7) is 3.30. The van der Waals surface area contributed by atoms with E-state index in [2.05, 4.69) is 28.8 Å². The molecule has 4 heteroatoms. The normalized spacial score (nSPS) is 32.0. The van der Waals surface area contributed by atoms with Gasteiger partial charge < -0.3 is 10.1 Å². The first-order chi connectivity index (χ1) is 7.45. The van der Waals surface area contributed by atoms with Crippen LogP contribution in [0, 0.1) is 0 Å². The summed E-state index contributed by atoms with van der Waals surface area (Å²) in [5.41, 5.74) is 0. The second-order valence-corrected chi connectivity index (χ2v) is 6.75. The molecule has 0 bridgehead atoms. The summed E-state index contributed by atoms with van der Waals surface area (Å²) >= 11 is 4.23. The average Bonchev–Trinajstić information content (AvgIpc) is 2.79. The molecule has 2 nitrogen and oxygen atoms in total. The fraction of sp³-hybridized carbons (Fsp3) is 1.00. The molecule has 0 aliphatic carbocycles. The number of ether oxygens (including phenoxy) is 1. The smallest absolute Gasteiger partial charge is 0.0588 e. The van der Waals surface area contributed by atoms with Crippen LogP contribution in [0.1, 0.15) is 19.3 Å². The van der Waals surface area contributed by atoms with E-state index >= 15 is 0 Å². The molecular formula is C11H21NOS2. The topological polar surface area (TPSA) is 21.3 Å². The molecule has 2 fully saturated rings. The van der Waals surface area contributed by atoms with E-state index in [9.17, 15) is 0 Å². The van der Waals surface area contributed by atoms with Crippen molar-refractivity contribution in [1.29, 1.82) is 0 Å². The minimum absolute atomic E-state index is 0.547. The third-order valence-corrected chi connectivity index (χ3v) is 5.77. The molecule has 0 aromatic heterocycles. The minimum atomic E-state index is 0.547. The van der Waals surface area contributed by atoms with Crippen LogP contribution in [0.4, 0.5) is 0 Å². The van der Waals surface area contributed by atoms with Crippen molar-refractivity contribution in [3.63, 3.8) is 0 Å². The van der Waals surface area contributed by atoms with Crippen molar-refractivity contribution in [2.45, 2.75) is 30.6 Å². The maximum atomic E-state index is 5.60. The van der Waals surface area contributed by atoms with Gasteiger partial charge in [-0.15, -0.1) is 0 Å². The zero-order valence-corrected chi connectivity index (χ0v) is 10.9. The van der Waals surface area contributed by atoms with E-state index in [1.165, 1.54) is 43.1 Å². The van der Waals surface area contributed by atoms with Gasteiger partial charge in [-0.05, 0) is 25.8 Å². The van der Waals surface area contributed by atoms with Gasteiger partial charge in [-0.2, -0.15) is 23.5 Å². The minimum Gasteiger partial charge on any atom is -0.378 e. The molecule has 2 atom stereocenters. The molecule has 0 radical (unpaired) electrons. The number of nitrogens with one attached hydrogen (secondary N) is 1. The van der Waals surface area contributed by atoms with Gasteiger partial charge in [-0.1, -0.05) is 0 Å². The van der Waals surface area contributed by atoms with Gasteiger partial charge in [0, 0.05) is 35.7 Å². The first kappa shape index (κ1) is 12.1. The van der Waals surface area contributed by atoms with Gasteiger partial charge in [0.2, 0.25) is 0 Å². The summed E-state index contributed by atoms with van der Waals surface area (Å²) < 4.78 is 5.60. The van der Waals surface area contributed by atoms with Gasteiger partial charge in [0.25, 0.3) is 0 Å². The monoisotopic (exact) mass is 247 g/mol. The Kier molecular flexibility index (Phi) is 5.68. The van der Waals surface area contributed by atoms with Gasteiger partial charge in [-0.3, -0.25) is 0 Å². The second-order valence-electron chi connectivity index (χ2n) is 4.20. The van der Waals surface area contributed by atoms with Gasteiger partial charge in [-0.25, -0.2) is 0 Å². The van der Waals surface area contributed by atoms with E-state index in [1.54, 1.807) is 0 Å². The maximum absolute atomic E-state index is 5.60. The highest BCUT2D eigenvalue weighted by Gasteiger charge is 2.16. The lowest BCUT2D eigenvalue weighted by Gasteiger charge is -2.21. The Morgan fingerprint density at radius 3 is 3.07 bits per heavy atom. The van der Waals surface area contributed by atoms with Gasteiger partial charge in [0.1, 0.15) is 0 Å². The van der Waals surface area contributed by atoms with E-state index in [1.807, 2.05) is 0 Å². The second kappa shape index (κ2) is 7.05. The van der Waals surface area contributed by atoms with Crippen molar-refractivity contribution in [2.75, 3.05) is 37.0 Å². The molecule has 15 heavy (non-hydrogen) atoms. The summed E-state index contributed by atoms with van der Waals surface area (Å²) in [5.74, 6) is 4.01. The molecule has 0 aromatic carbocycles.